The van der Waals surface area contributed by atoms with Crippen LogP contribution in [0.3, 0.4) is 0 Å². The molecule has 0 heterocycles. The van der Waals surface area contributed by atoms with Crippen molar-refractivity contribution in [3.63, 3.8) is 0 Å². The molecule has 2 aromatic rings. The lowest BCUT2D eigenvalue weighted by molar-refractivity contribution is -0.173. The van der Waals surface area contributed by atoms with Crippen LogP contribution in [0.25, 0.3) is 0 Å². The van der Waals surface area contributed by atoms with Crippen LogP contribution in [0.4, 0.5) is 22.0 Å². The molecule has 0 saturated carbocycles. The molecule has 0 aliphatic heterocycles. The monoisotopic (exact) mass is 463 g/mol. The topological polar surface area (TPSA) is 59.3 Å². The predicted octanol–water partition coefficient (Wildman–Crippen LogP) is 5.79. The van der Waals surface area contributed by atoms with Gasteiger partial charge in [-0.2, -0.15) is 27.2 Å². The van der Waals surface area contributed by atoms with Crippen LogP contribution in [-0.2, 0) is 21.6 Å². The van der Waals surface area contributed by atoms with Crippen molar-refractivity contribution < 1.29 is 36.2 Å². The van der Waals surface area contributed by atoms with Crippen LogP contribution in [0.2, 0.25) is 0 Å². The van der Waals surface area contributed by atoms with Crippen LogP contribution < -0.4 is 4.74 Å². The Bertz CT molecular complexity index is 938. The van der Waals surface area contributed by atoms with E-state index < -0.39 is 40.7 Å². The van der Waals surface area contributed by atoms with Gasteiger partial charge in [0.05, 0.1) is 29.4 Å². The zero-order chi connectivity index (χ0) is 21.1. The lowest BCUT2D eigenvalue weighted by Gasteiger charge is -2.20. The van der Waals surface area contributed by atoms with Gasteiger partial charge >= 0.3 is 18.1 Å². The number of benzene rings is 2. The van der Waals surface area contributed by atoms with Crippen molar-refractivity contribution in [3.8, 4) is 17.6 Å². The summed E-state index contributed by atoms with van der Waals surface area (Å²) < 4.78 is 77.5. The van der Waals surface area contributed by atoms with E-state index in [2.05, 4.69) is 20.7 Å². The van der Waals surface area contributed by atoms with Crippen molar-refractivity contribution in [1.82, 2.24) is 0 Å². The number of carbonyl (C=O) groups excluding carboxylic acids is 1. The largest absolute Gasteiger partial charge is 0.461 e. The fraction of sp³-hybridized carbons (Fsp3) is 0.222. The SMILES string of the molecule is CCOC(=O)C(F)(F)c1c(Br)cccc1Oc1cc(C#N)cc(C(F)(F)F)c1. The molecule has 2 aromatic carbocycles. The number of hydrogen-bond donors (Lipinski definition) is 0. The molecule has 0 aromatic heterocycles. The number of nitriles is 1. The number of carbonyl (C=O) groups is 1. The summed E-state index contributed by atoms with van der Waals surface area (Å²) in [6, 6.07) is 7.23. The minimum atomic E-state index is -4.78. The maximum atomic E-state index is 14.6. The molecule has 0 saturated heterocycles. The highest BCUT2D eigenvalue weighted by Gasteiger charge is 2.47. The molecule has 0 unspecified atom stereocenters. The van der Waals surface area contributed by atoms with E-state index in [0.717, 1.165) is 12.1 Å². The van der Waals surface area contributed by atoms with E-state index in [9.17, 15) is 26.7 Å². The average Bonchev–Trinajstić information content (AvgIpc) is 2.60. The van der Waals surface area contributed by atoms with Gasteiger partial charge in [-0.1, -0.05) is 22.0 Å². The highest BCUT2D eigenvalue weighted by atomic mass is 79.9. The fourth-order valence-electron chi connectivity index (χ4n) is 2.23. The van der Waals surface area contributed by atoms with Gasteiger partial charge < -0.3 is 9.47 Å². The number of hydrogen-bond acceptors (Lipinski definition) is 4. The summed E-state index contributed by atoms with van der Waals surface area (Å²) in [6.07, 6.45) is -4.78. The Morgan fingerprint density at radius 3 is 2.43 bits per heavy atom. The summed E-state index contributed by atoms with van der Waals surface area (Å²) in [5.74, 6) is -7.04. The second kappa shape index (κ2) is 8.14. The first-order valence-corrected chi connectivity index (χ1v) is 8.44. The third-order valence-corrected chi connectivity index (χ3v) is 4.07. The van der Waals surface area contributed by atoms with Gasteiger partial charge in [-0.3, -0.25) is 0 Å². The highest BCUT2D eigenvalue weighted by Crippen LogP contribution is 2.43. The maximum Gasteiger partial charge on any atom is 0.416 e. The first-order valence-electron chi connectivity index (χ1n) is 7.65. The Kier molecular flexibility index (Phi) is 6.29. The van der Waals surface area contributed by atoms with Crippen LogP contribution in [0.5, 0.6) is 11.5 Å². The van der Waals surface area contributed by atoms with E-state index in [4.69, 9.17) is 10.00 Å². The van der Waals surface area contributed by atoms with Crippen LogP contribution >= 0.6 is 15.9 Å². The maximum absolute atomic E-state index is 14.6. The number of alkyl halides is 5. The fourth-order valence-corrected chi connectivity index (χ4v) is 2.83. The second-order valence-corrected chi connectivity index (χ2v) is 6.22. The minimum Gasteiger partial charge on any atom is -0.461 e. The van der Waals surface area contributed by atoms with Crippen LogP contribution in [-0.4, -0.2) is 12.6 Å². The van der Waals surface area contributed by atoms with Crippen molar-refractivity contribution in [2.24, 2.45) is 0 Å². The molecule has 0 radical (unpaired) electrons. The molecule has 4 nitrogen and oxygen atoms in total. The van der Waals surface area contributed by atoms with Crippen molar-refractivity contribution in [1.29, 1.82) is 5.26 Å². The zero-order valence-electron chi connectivity index (χ0n) is 14.1. The first kappa shape index (κ1) is 21.6. The van der Waals surface area contributed by atoms with Gasteiger partial charge in [0.15, 0.2) is 0 Å². The molecule has 0 atom stereocenters. The number of nitrogens with zero attached hydrogens (tertiary/aromatic N) is 1. The van der Waals surface area contributed by atoms with E-state index in [1.165, 1.54) is 19.1 Å². The van der Waals surface area contributed by atoms with E-state index in [-0.39, 0.29) is 16.6 Å². The summed E-state index contributed by atoms with van der Waals surface area (Å²) in [5, 5.41) is 8.92. The highest BCUT2D eigenvalue weighted by molar-refractivity contribution is 9.10. The van der Waals surface area contributed by atoms with Crippen LogP contribution in [0, 0.1) is 11.3 Å². The number of rotatable bonds is 5. The van der Waals surface area contributed by atoms with Gasteiger partial charge in [-0.25, -0.2) is 4.79 Å². The van der Waals surface area contributed by atoms with Crippen molar-refractivity contribution in [2.75, 3.05) is 6.61 Å². The van der Waals surface area contributed by atoms with E-state index >= 15 is 0 Å². The Morgan fingerprint density at radius 1 is 1.18 bits per heavy atom. The Balaban J connectivity index is 2.56. The molecule has 0 bridgehead atoms. The number of esters is 1. The molecule has 2 rings (SSSR count). The normalized spacial score (nSPS) is 11.6. The summed E-state index contributed by atoms with van der Waals surface area (Å²) in [6.45, 7) is 1.05. The molecular weight excluding hydrogens is 453 g/mol. The molecule has 148 valence electrons. The molecular formula is C18H11BrF5NO3. The van der Waals surface area contributed by atoms with Crippen LogP contribution in [0.15, 0.2) is 40.9 Å². The Labute approximate surface area is 164 Å². The number of halogens is 6. The zero-order valence-corrected chi connectivity index (χ0v) is 15.7. The van der Waals surface area contributed by atoms with Crippen molar-refractivity contribution in [2.45, 2.75) is 19.0 Å². The molecule has 0 aliphatic carbocycles. The summed E-state index contributed by atoms with van der Waals surface area (Å²) >= 11 is 2.89. The second-order valence-electron chi connectivity index (χ2n) is 5.37. The van der Waals surface area contributed by atoms with Gasteiger partial charge in [0, 0.05) is 4.47 Å². The third-order valence-electron chi connectivity index (χ3n) is 3.41. The Morgan fingerprint density at radius 2 is 1.86 bits per heavy atom. The molecule has 0 fully saturated rings. The minimum absolute atomic E-state index is 0.212. The number of ether oxygens (including phenoxy) is 2. The summed E-state index contributed by atoms with van der Waals surface area (Å²) in [7, 11) is 0. The molecule has 0 spiro atoms. The summed E-state index contributed by atoms with van der Waals surface area (Å²) in [4.78, 5) is 11.7. The molecule has 0 N–H and O–H groups in total. The predicted molar refractivity (Wildman–Crippen MR) is 90.9 cm³/mol. The van der Waals surface area contributed by atoms with Gasteiger partial charge in [-0.05, 0) is 37.3 Å². The van der Waals surface area contributed by atoms with Crippen LogP contribution in [0.1, 0.15) is 23.6 Å². The molecule has 10 heteroatoms. The van der Waals surface area contributed by atoms with Gasteiger partial charge in [0.25, 0.3) is 0 Å². The summed E-state index contributed by atoms with van der Waals surface area (Å²) in [5.41, 5.74) is -2.47. The van der Waals surface area contributed by atoms with Gasteiger partial charge in [0.2, 0.25) is 0 Å². The van der Waals surface area contributed by atoms with E-state index in [0.29, 0.717) is 12.1 Å². The van der Waals surface area contributed by atoms with E-state index in [1.807, 2.05) is 0 Å². The average molecular weight is 464 g/mol. The Hall–Kier alpha value is -2.67. The van der Waals surface area contributed by atoms with Gasteiger partial charge in [-0.15, -0.1) is 0 Å². The molecule has 0 amide bonds. The lowest BCUT2D eigenvalue weighted by Crippen LogP contribution is -2.29. The van der Waals surface area contributed by atoms with Crippen molar-refractivity contribution in [3.05, 3.63) is 57.6 Å². The van der Waals surface area contributed by atoms with E-state index in [1.54, 1.807) is 6.07 Å². The standard InChI is InChI=1S/C18H11BrF5NO3/c1-2-27-16(26)17(20,21)15-13(19)4-3-5-14(15)28-12-7-10(9-25)6-11(8-12)18(22,23)24/h3-8H,2H2,1H3. The van der Waals surface area contributed by atoms with Crippen molar-refractivity contribution >= 4 is 21.9 Å². The first-order chi connectivity index (χ1) is 13.0. The third kappa shape index (κ3) is 4.59. The van der Waals surface area contributed by atoms with Gasteiger partial charge in [0.1, 0.15) is 11.5 Å². The molecule has 0 aliphatic rings. The smallest absolute Gasteiger partial charge is 0.416 e. The quantitative estimate of drug-likeness (QED) is 0.416. The molecule has 28 heavy (non-hydrogen) atoms. The lowest BCUT2D eigenvalue weighted by atomic mass is 10.1.